The summed E-state index contributed by atoms with van der Waals surface area (Å²) >= 11 is 0. The zero-order chi connectivity index (χ0) is 12.3. The number of amides is 2. The summed E-state index contributed by atoms with van der Waals surface area (Å²) in [4.78, 5) is 13.8. The molecule has 2 rings (SSSR count). The van der Waals surface area contributed by atoms with Gasteiger partial charge in [-0.05, 0) is 38.3 Å². The maximum absolute atomic E-state index is 13.4. The number of para-hydroxylation sites is 1. The van der Waals surface area contributed by atoms with E-state index in [-0.39, 0.29) is 17.8 Å². The van der Waals surface area contributed by atoms with E-state index in [0.717, 1.165) is 25.8 Å². The number of carbonyl (C=O) groups is 1. The Hall–Kier alpha value is -1.58. The third-order valence-corrected chi connectivity index (χ3v) is 3.18. The minimum absolute atomic E-state index is 0.206. The van der Waals surface area contributed by atoms with Crippen molar-refractivity contribution in [1.82, 2.24) is 4.90 Å². The summed E-state index contributed by atoms with van der Waals surface area (Å²) in [5.74, 6) is -0.398. The molecule has 1 aromatic carbocycles. The lowest BCUT2D eigenvalue weighted by Gasteiger charge is -2.33. The summed E-state index contributed by atoms with van der Waals surface area (Å²) in [5.41, 5.74) is 0.246. The summed E-state index contributed by atoms with van der Waals surface area (Å²) in [6.45, 7) is 2.78. The summed E-state index contributed by atoms with van der Waals surface area (Å²) in [6.07, 6.45) is 3.20. The summed E-state index contributed by atoms with van der Waals surface area (Å²) in [5, 5.41) is 2.62. The van der Waals surface area contributed by atoms with Crippen LogP contribution in [0.5, 0.6) is 0 Å². The van der Waals surface area contributed by atoms with Gasteiger partial charge in [0.25, 0.3) is 0 Å². The van der Waals surface area contributed by atoms with E-state index in [9.17, 15) is 9.18 Å². The number of anilines is 1. The molecule has 4 heteroatoms. The van der Waals surface area contributed by atoms with Gasteiger partial charge in [-0.25, -0.2) is 9.18 Å². The molecule has 1 aromatic rings. The number of halogens is 1. The molecule has 92 valence electrons. The Balaban J connectivity index is 2.03. The number of hydrogen-bond donors (Lipinski definition) is 1. The molecule has 1 N–H and O–H groups in total. The molecule has 1 atom stereocenters. The zero-order valence-electron chi connectivity index (χ0n) is 9.95. The Morgan fingerprint density at radius 1 is 1.41 bits per heavy atom. The minimum Gasteiger partial charge on any atom is -0.322 e. The quantitative estimate of drug-likeness (QED) is 0.797. The van der Waals surface area contributed by atoms with E-state index in [1.807, 2.05) is 6.92 Å². The molecule has 0 unspecified atom stereocenters. The van der Waals surface area contributed by atoms with Crippen molar-refractivity contribution in [3.05, 3.63) is 30.1 Å². The van der Waals surface area contributed by atoms with E-state index in [1.54, 1.807) is 23.1 Å². The second kappa shape index (κ2) is 5.17. The molecular weight excluding hydrogens is 219 g/mol. The van der Waals surface area contributed by atoms with Crippen molar-refractivity contribution < 1.29 is 9.18 Å². The highest BCUT2D eigenvalue weighted by atomic mass is 19.1. The first-order valence-electron chi connectivity index (χ1n) is 6.00. The van der Waals surface area contributed by atoms with Gasteiger partial charge in [0.15, 0.2) is 0 Å². The summed E-state index contributed by atoms with van der Waals surface area (Å²) in [7, 11) is 0. The number of hydrogen-bond acceptors (Lipinski definition) is 1. The van der Waals surface area contributed by atoms with Crippen molar-refractivity contribution in [1.29, 1.82) is 0 Å². The monoisotopic (exact) mass is 236 g/mol. The first-order chi connectivity index (χ1) is 8.18. The van der Waals surface area contributed by atoms with Crippen LogP contribution >= 0.6 is 0 Å². The summed E-state index contributed by atoms with van der Waals surface area (Å²) < 4.78 is 13.4. The highest BCUT2D eigenvalue weighted by Crippen LogP contribution is 2.19. The van der Waals surface area contributed by atoms with Gasteiger partial charge < -0.3 is 10.2 Å². The highest BCUT2D eigenvalue weighted by molar-refractivity contribution is 5.89. The molecule has 1 fully saturated rings. The Morgan fingerprint density at radius 3 is 2.88 bits per heavy atom. The normalized spacial score (nSPS) is 20.1. The zero-order valence-corrected chi connectivity index (χ0v) is 9.95. The third kappa shape index (κ3) is 2.75. The number of piperidine rings is 1. The van der Waals surface area contributed by atoms with Gasteiger partial charge in [-0.3, -0.25) is 0 Å². The second-order valence-corrected chi connectivity index (χ2v) is 4.45. The minimum atomic E-state index is -0.398. The number of benzene rings is 1. The van der Waals surface area contributed by atoms with E-state index >= 15 is 0 Å². The van der Waals surface area contributed by atoms with Crippen molar-refractivity contribution in [3.63, 3.8) is 0 Å². The van der Waals surface area contributed by atoms with Gasteiger partial charge in [0.2, 0.25) is 0 Å². The van der Waals surface area contributed by atoms with E-state index in [2.05, 4.69) is 5.32 Å². The molecule has 1 aliphatic heterocycles. The molecule has 1 heterocycles. The lowest BCUT2D eigenvalue weighted by Crippen LogP contribution is -2.44. The van der Waals surface area contributed by atoms with Gasteiger partial charge in [0.1, 0.15) is 5.82 Å². The fourth-order valence-electron chi connectivity index (χ4n) is 2.15. The number of likely N-dealkylation sites (tertiary alicyclic amines) is 1. The van der Waals surface area contributed by atoms with Crippen LogP contribution in [0.3, 0.4) is 0 Å². The van der Waals surface area contributed by atoms with Crippen molar-refractivity contribution in [2.75, 3.05) is 11.9 Å². The molecule has 17 heavy (non-hydrogen) atoms. The summed E-state index contributed by atoms with van der Waals surface area (Å²) in [6, 6.07) is 6.25. The molecule has 0 spiro atoms. The highest BCUT2D eigenvalue weighted by Gasteiger charge is 2.23. The smallest absolute Gasteiger partial charge is 0.322 e. The van der Waals surface area contributed by atoms with Gasteiger partial charge in [0, 0.05) is 12.6 Å². The Labute approximate surface area is 101 Å². The van der Waals surface area contributed by atoms with Crippen LogP contribution in [0.4, 0.5) is 14.9 Å². The van der Waals surface area contributed by atoms with Crippen LogP contribution in [0, 0.1) is 5.82 Å². The lowest BCUT2D eigenvalue weighted by molar-refractivity contribution is 0.170. The molecule has 0 saturated carbocycles. The van der Waals surface area contributed by atoms with E-state index in [1.165, 1.54) is 6.07 Å². The number of carbonyl (C=O) groups excluding carboxylic acids is 1. The van der Waals surface area contributed by atoms with Gasteiger partial charge in [-0.1, -0.05) is 12.1 Å². The van der Waals surface area contributed by atoms with Crippen LogP contribution in [-0.2, 0) is 0 Å². The number of rotatable bonds is 1. The maximum Gasteiger partial charge on any atom is 0.322 e. The van der Waals surface area contributed by atoms with Gasteiger partial charge in [-0.2, -0.15) is 0 Å². The van der Waals surface area contributed by atoms with E-state index < -0.39 is 5.82 Å². The van der Waals surface area contributed by atoms with Gasteiger partial charge >= 0.3 is 6.03 Å². The molecule has 2 amide bonds. The first kappa shape index (κ1) is 11.9. The van der Waals surface area contributed by atoms with Gasteiger partial charge in [-0.15, -0.1) is 0 Å². The fourth-order valence-corrected chi connectivity index (χ4v) is 2.15. The van der Waals surface area contributed by atoms with Gasteiger partial charge in [0.05, 0.1) is 5.69 Å². The molecule has 1 aliphatic rings. The molecule has 0 bridgehead atoms. The van der Waals surface area contributed by atoms with Crippen molar-refractivity contribution in [3.8, 4) is 0 Å². The fraction of sp³-hybridized carbons (Fsp3) is 0.462. The average molecular weight is 236 g/mol. The Bertz CT molecular complexity index is 408. The van der Waals surface area contributed by atoms with E-state index in [4.69, 9.17) is 0 Å². The Kier molecular flexibility index (Phi) is 3.61. The third-order valence-electron chi connectivity index (χ3n) is 3.18. The molecular formula is C13H17FN2O. The van der Waals surface area contributed by atoms with Crippen LogP contribution in [0.25, 0.3) is 0 Å². The van der Waals surface area contributed by atoms with Crippen molar-refractivity contribution in [2.24, 2.45) is 0 Å². The second-order valence-electron chi connectivity index (χ2n) is 4.45. The molecule has 0 aliphatic carbocycles. The molecule has 0 radical (unpaired) electrons. The topological polar surface area (TPSA) is 32.3 Å². The largest absolute Gasteiger partial charge is 0.322 e. The number of nitrogens with one attached hydrogen (secondary N) is 1. The average Bonchev–Trinajstić information content (AvgIpc) is 2.32. The predicted octanol–water partition coefficient (Wildman–Crippen LogP) is 3.23. The van der Waals surface area contributed by atoms with Crippen molar-refractivity contribution in [2.45, 2.75) is 32.2 Å². The molecule has 0 aromatic heterocycles. The van der Waals surface area contributed by atoms with Crippen LogP contribution < -0.4 is 5.32 Å². The maximum atomic E-state index is 13.4. The number of urea groups is 1. The van der Waals surface area contributed by atoms with Crippen LogP contribution in [0.1, 0.15) is 26.2 Å². The van der Waals surface area contributed by atoms with E-state index in [0.29, 0.717) is 0 Å². The van der Waals surface area contributed by atoms with Crippen molar-refractivity contribution >= 4 is 11.7 Å². The van der Waals surface area contributed by atoms with Crippen LogP contribution in [0.2, 0.25) is 0 Å². The molecule has 3 nitrogen and oxygen atoms in total. The first-order valence-corrected chi connectivity index (χ1v) is 6.00. The van der Waals surface area contributed by atoms with Crippen LogP contribution in [-0.4, -0.2) is 23.5 Å². The lowest BCUT2D eigenvalue weighted by atomic mass is 10.0. The standard InChI is InChI=1S/C13H17FN2O/c1-10-6-4-5-9-16(10)13(17)15-12-8-3-2-7-11(12)14/h2-3,7-8,10H,4-6,9H2,1H3,(H,15,17)/t10-/m1/s1. The SMILES string of the molecule is C[C@@H]1CCCCN1C(=O)Nc1ccccc1F. The Morgan fingerprint density at radius 2 is 2.18 bits per heavy atom. The molecule has 1 saturated heterocycles. The number of nitrogens with zero attached hydrogens (tertiary/aromatic N) is 1. The van der Waals surface area contributed by atoms with Crippen LogP contribution in [0.15, 0.2) is 24.3 Å². The predicted molar refractivity (Wildman–Crippen MR) is 65.4 cm³/mol.